The largest absolute Gasteiger partial charge is 0.493 e. The first-order valence-electron chi connectivity index (χ1n) is 39.7. The van der Waals surface area contributed by atoms with E-state index in [9.17, 15) is 0 Å². The van der Waals surface area contributed by atoms with Gasteiger partial charge >= 0.3 is 0 Å². The van der Waals surface area contributed by atoms with Crippen molar-refractivity contribution in [3.63, 3.8) is 0 Å². The van der Waals surface area contributed by atoms with Crippen LogP contribution in [0.4, 0.5) is 0 Å². The Morgan fingerprint density at radius 1 is 0.293 bits per heavy atom. The van der Waals surface area contributed by atoms with Gasteiger partial charge in [0, 0.05) is 40.0 Å². The molecule has 99 heavy (non-hydrogen) atoms. The summed E-state index contributed by atoms with van der Waals surface area (Å²) >= 11 is 8.48. The zero-order chi connectivity index (χ0) is 68.6. The minimum absolute atomic E-state index is 0.622. The molecule has 0 fully saturated rings. The molecule has 7 nitrogen and oxygen atoms in total. The van der Waals surface area contributed by atoms with E-state index < -0.39 is 0 Å². The lowest BCUT2D eigenvalue weighted by molar-refractivity contribution is 0.260. The molecule has 10 rings (SSSR count). The molecule has 5 aromatic carbocycles. The summed E-state index contributed by atoms with van der Waals surface area (Å²) in [5, 5.41) is 2.81. The summed E-state index contributed by atoms with van der Waals surface area (Å²) in [6, 6.07) is 31.4. The summed E-state index contributed by atoms with van der Waals surface area (Å²) < 4.78 is 45.9. The minimum Gasteiger partial charge on any atom is -0.493 e. The number of benzene rings is 5. The monoisotopic (exact) mass is 1430 g/mol. The average molecular weight is 1430 g/mol. The van der Waals surface area contributed by atoms with Crippen molar-refractivity contribution in [3.05, 3.63) is 102 Å². The standard InChI is InChI=1S/C87H118N4O3S5/c1-7-12-17-22-27-29-31-33-35-46-55-67-69-62-73(75-64(6)83(92-59-48-37-24-19-14-9-3)77(81-79(75)88-98-90-81)72-58-57-71(95-72)65-51-42-40-43-52-65)96-86(69)68(56-47-36-34-32-30-28-23-18-13-8-2)70-63-74(97-87(67)70)78-82-80(89-99-91-82)76(66-53-44-41-45-54-66)84(93-60-49-38-25-20-15-10-4)85(78)94-61-50-39-26-21-16-11-5/h40-45,51-54,57-58,62-63H,7-39,46-50,55-56,59-61H2,1-6H3. The molecule has 0 unspecified atom stereocenters. The van der Waals surface area contributed by atoms with Gasteiger partial charge in [-0.2, -0.15) is 17.5 Å². The van der Waals surface area contributed by atoms with Gasteiger partial charge in [-0.05, 0) is 109 Å². The highest BCUT2D eigenvalue weighted by Gasteiger charge is 2.31. The maximum atomic E-state index is 7.40. The molecule has 5 heterocycles. The van der Waals surface area contributed by atoms with Crippen LogP contribution in [0.2, 0.25) is 0 Å². The molecule has 0 saturated carbocycles. The Kier molecular flexibility index (Phi) is 32.7. The third kappa shape index (κ3) is 21.0. The number of unbranched alkanes of at least 4 members (excludes halogenated alkanes) is 33. The Balaban J connectivity index is 1.14. The molecule has 0 aliphatic heterocycles. The van der Waals surface area contributed by atoms with Crippen molar-refractivity contribution in [2.45, 2.75) is 298 Å². The van der Waals surface area contributed by atoms with Crippen LogP contribution in [0.25, 0.3) is 95.1 Å². The number of aryl methyl sites for hydroxylation is 2. The van der Waals surface area contributed by atoms with Gasteiger partial charge in [0.1, 0.15) is 27.8 Å². The molecule has 0 aliphatic rings. The van der Waals surface area contributed by atoms with E-state index in [-0.39, 0.29) is 0 Å². The van der Waals surface area contributed by atoms with Crippen LogP contribution >= 0.6 is 57.5 Å². The summed E-state index contributed by atoms with van der Waals surface area (Å²) in [6.45, 7) is 15.8. The summed E-state index contributed by atoms with van der Waals surface area (Å²) in [6.07, 6.45) is 49.8. The van der Waals surface area contributed by atoms with Gasteiger partial charge in [0.15, 0.2) is 11.5 Å². The Morgan fingerprint density at radius 3 is 1.04 bits per heavy atom. The van der Waals surface area contributed by atoms with E-state index in [1.807, 2.05) is 34.0 Å². The van der Waals surface area contributed by atoms with Crippen molar-refractivity contribution in [2.24, 2.45) is 0 Å². The number of thiophene rings is 3. The number of fused-ring (bicyclic) bond motifs is 4. The van der Waals surface area contributed by atoms with E-state index in [1.54, 1.807) is 0 Å². The first-order chi connectivity index (χ1) is 49.0. The van der Waals surface area contributed by atoms with Crippen molar-refractivity contribution >= 4 is 99.7 Å². The highest BCUT2D eigenvalue weighted by molar-refractivity contribution is 7.24. The Morgan fingerprint density at radius 2 is 0.616 bits per heavy atom. The van der Waals surface area contributed by atoms with Gasteiger partial charge in [-0.1, -0.05) is 307 Å². The van der Waals surface area contributed by atoms with E-state index in [0.717, 1.165) is 125 Å². The molecule has 0 aliphatic carbocycles. The average Bonchev–Trinajstić information content (AvgIpc) is 1.60. The van der Waals surface area contributed by atoms with Crippen LogP contribution in [0.15, 0.2) is 84.9 Å². The summed E-state index contributed by atoms with van der Waals surface area (Å²) in [7, 11) is 0. The number of rotatable bonds is 51. The molecule has 12 heteroatoms. The summed E-state index contributed by atoms with van der Waals surface area (Å²) in [5.74, 6) is 2.63. The van der Waals surface area contributed by atoms with Gasteiger partial charge in [0.2, 0.25) is 0 Å². The fourth-order valence-corrected chi connectivity index (χ4v) is 19.7. The van der Waals surface area contributed by atoms with Crippen LogP contribution in [0, 0.1) is 6.92 Å². The van der Waals surface area contributed by atoms with Gasteiger partial charge < -0.3 is 14.2 Å². The molecular weight excluding hydrogens is 1310 g/mol. The highest BCUT2D eigenvalue weighted by Crippen LogP contribution is 2.56. The lowest BCUT2D eigenvalue weighted by atomic mass is 9.93. The molecule has 0 spiro atoms. The molecule has 10 aromatic rings. The van der Waals surface area contributed by atoms with E-state index in [4.69, 9.17) is 31.7 Å². The smallest absolute Gasteiger partial charge is 0.172 e. The zero-order valence-electron chi connectivity index (χ0n) is 61.5. The van der Waals surface area contributed by atoms with Crippen LogP contribution < -0.4 is 14.2 Å². The molecule has 0 saturated heterocycles. The van der Waals surface area contributed by atoms with Crippen molar-refractivity contribution in [2.75, 3.05) is 19.8 Å². The Labute approximate surface area is 616 Å². The molecule has 0 radical (unpaired) electrons. The van der Waals surface area contributed by atoms with Crippen molar-refractivity contribution < 1.29 is 14.2 Å². The molecular formula is C87H118N4O3S5. The predicted molar refractivity (Wildman–Crippen MR) is 437 cm³/mol. The summed E-state index contributed by atoms with van der Waals surface area (Å²) in [4.78, 5) is 4.89. The number of ether oxygens (including phenoxy) is 3. The number of hydrogen-bond acceptors (Lipinski definition) is 12. The van der Waals surface area contributed by atoms with Gasteiger partial charge in [-0.15, -0.1) is 34.0 Å². The molecule has 0 bridgehead atoms. The second kappa shape index (κ2) is 42.4. The van der Waals surface area contributed by atoms with Crippen LogP contribution in [-0.2, 0) is 12.8 Å². The second-order valence-electron chi connectivity index (χ2n) is 28.3. The topological polar surface area (TPSA) is 79.2 Å². The van der Waals surface area contributed by atoms with Crippen molar-refractivity contribution in [1.29, 1.82) is 0 Å². The molecule has 5 aromatic heterocycles. The Hall–Kier alpha value is -5.24. The fraction of sp³-hybridized carbons (Fsp3) is 0.563. The predicted octanol–water partition coefficient (Wildman–Crippen LogP) is 30.0. The van der Waals surface area contributed by atoms with Gasteiger partial charge in [-0.25, -0.2) is 0 Å². The van der Waals surface area contributed by atoms with Crippen molar-refractivity contribution in [1.82, 2.24) is 17.5 Å². The molecule has 534 valence electrons. The van der Waals surface area contributed by atoms with E-state index >= 15 is 0 Å². The van der Waals surface area contributed by atoms with Gasteiger partial charge in [0.25, 0.3) is 0 Å². The van der Waals surface area contributed by atoms with Crippen LogP contribution in [0.1, 0.15) is 295 Å². The minimum atomic E-state index is 0.622. The second-order valence-corrected chi connectivity index (χ2v) is 32.6. The molecule has 0 amide bonds. The van der Waals surface area contributed by atoms with E-state index in [1.165, 1.54) is 284 Å². The maximum absolute atomic E-state index is 7.40. The normalized spacial score (nSPS) is 11.9. The van der Waals surface area contributed by atoms with Crippen LogP contribution in [0.3, 0.4) is 0 Å². The number of hydrogen-bond donors (Lipinski definition) is 0. The quantitative estimate of drug-likeness (QED) is 0.0352. The lowest BCUT2D eigenvalue weighted by Gasteiger charge is -2.20. The third-order valence-electron chi connectivity index (χ3n) is 20.4. The highest BCUT2D eigenvalue weighted by atomic mass is 32.1. The number of aromatic nitrogens is 4. The Bertz CT molecular complexity index is 3870. The van der Waals surface area contributed by atoms with Crippen LogP contribution in [-0.4, -0.2) is 37.3 Å². The summed E-state index contributed by atoms with van der Waals surface area (Å²) in [5.41, 5.74) is 14.5. The van der Waals surface area contributed by atoms with Crippen LogP contribution in [0.5, 0.6) is 17.2 Å². The van der Waals surface area contributed by atoms with Gasteiger partial charge in [-0.3, -0.25) is 0 Å². The lowest BCUT2D eigenvalue weighted by Crippen LogP contribution is -2.06. The van der Waals surface area contributed by atoms with E-state index in [0.29, 0.717) is 19.8 Å². The third-order valence-corrected chi connectivity index (χ3v) is 25.1. The van der Waals surface area contributed by atoms with E-state index in [2.05, 4.69) is 126 Å². The van der Waals surface area contributed by atoms with Gasteiger partial charge in [0.05, 0.1) is 60.0 Å². The van der Waals surface area contributed by atoms with Crippen molar-refractivity contribution in [3.8, 4) is 70.1 Å². The SMILES string of the molecule is CCCCCCCCCCCCc1c2cc(-c3c(OCCCCCCCC)c(OCCCCCCCC)c(-c4ccccc4)c4nsnc34)sc2c(CCCCCCCCCCCC)c2cc(-c3c(C)c(OCCCCCCCC)c(-c4ccc(-c5ccccc5)s4)c4nsnc34)sc12. The molecule has 0 N–H and O–H groups in total. The number of nitrogens with zero attached hydrogens (tertiary/aromatic N) is 4. The molecule has 0 atom stereocenters. The zero-order valence-corrected chi connectivity index (χ0v) is 65.6. The maximum Gasteiger partial charge on any atom is 0.172 e. The fourth-order valence-electron chi connectivity index (χ4n) is 14.8. The first-order valence-corrected chi connectivity index (χ1v) is 43.6. The first kappa shape index (κ1) is 76.4.